The van der Waals surface area contributed by atoms with Gasteiger partial charge in [0.1, 0.15) is 6.10 Å². The number of rotatable bonds is 7. The van der Waals surface area contributed by atoms with E-state index in [1.54, 1.807) is 0 Å². The van der Waals surface area contributed by atoms with Gasteiger partial charge in [0, 0.05) is 18.2 Å². The highest BCUT2D eigenvalue weighted by molar-refractivity contribution is 5.89. The van der Waals surface area contributed by atoms with Crippen LogP contribution in [-0.4, -0.2) is 48.4 Å². The zero-order valence-electron chi connectivity index (χ0n) is 16.4. The number of nitrogens with one attached hydrogen (secondary N) is 3. The fraction of sp³-hybridized carbons (Fsp3) is 0.600. The van der Waals surface area contributed by atoms with Crippen molar-refractivity contribution < 1.29 is 32.6 Å². The second-order valence-corrected chi connectivity index (χ2v) is 7.69. The molecule has 0 radical (unpaired) electrons. The fourth-order valence-electron chi connectivity index (χ4n) is 3.42. The molecule has 0 unspecified atom stereocenters. The molecule has 10 heteroatoms. The number of alkyl halides is 3. The minimum Gasteiger partial charge on any atom is -0.394 e. The zero-order chi connectivity index (χ0) is 21.7. The highest BCUT2D eigenvalue weighted by Crippen LogP contribution is 2.31. The van der Waals surface area contributed by atoms with Crippen LogP contribution < -0.4 is 16.0 Å². The van der Waals surface area contributed by atoms with Gasteiger partial charge in [-0.15, -0.1) is 0 Å². The predicted octanol–water partition coefficient (Wildman–Crippen LogP) is 2.65. The van der Waals surface area contributed by atoms with Gasteiger partial charge in [0.2, 0.25) is 5.91 Å². The maximum atomic E-state index is 12.6. The molecule has 1 aliphatic heterocycles. The molecule has 30 heavy (non-hydrogen) atoms. The van der Waals surface area contributed by atoms with E-state index in [4.69, 9.17) is 4.74 Å². The topological polar surface area (TPSA) is 99.7 Å². The molecule has 1 aromatic carbocycles. The number of hydrogen-bond acceptors (Lipinski definition) is 4. The van der Waals surface area contributed by atoms with Crippen molar-refractivity contribution >= 4 is 17.6 Å². The molecule has 3 rings (SSSR count). The smallest absolute Gasteiger partial charge is 0.394 e. The van der Waals surface area contributed by atoms with Crippen LogP contribution in [0, 0.1) is 5.92 Å². The first kappa shape index (κ1) is 22.4. The number of halogens is 3. The van der Waals surface area contributed by atoms with Gasteiger partial charge in [-0.3, -0.25) is 4.79 Å². The number of aliphatic hydroxyl groups is 1. The van der Waals surface area contributed by atoms with E-state index >= 15 is 0 Å². The lowest BCUT2D eigenvalue weighted by molar-refractivity contribution is -0.137. The summed E-state index contributed by atoms with van der Waals surface area (Å²) in [5.41, 5.74) is -0.531. The summed E-state index contributed by atoms with van der Waals surface area (Å²) in [5.74, 6) is 0.108. The van der Waals surface area contributed by atoms with Crippen LogP contribution in [0.15, 0.2) is 24.3 Å². The summed E-state index contributed by atoms with van der Waals surface area (Å²) in [6, 6.07) is 3.44. The van der Waals surface area contributed by atoms with Gasteiger partial charge in [0.15, 0.2) is 0 Å². The first-order valence-corrected chi connectivity index (χ1v) is 10.0. The summed E-state index contributed by atoms with van der Waals surface area (Å²) < 4.78 is 43.5. The first-order valence-electron chi connectivity index (χ1n) is 10.0. The van der Waals surface area contributed by atoms with Gasteiger partial charge in [-0.05, 0) is 56.4 Å². The van der Waals surface area contributed by atoms with Crippen LogP contribution in [-0.2, 0) is 15.7 Å². The van der Waals surface area contributed by atoms with Crippen LogP contribution in [0.3, 0.4) is 0 Å². The monoisotopic (exact) mass is 429 g/mol. The molecule has 1 saturated carbocycles. The van der Waals surface area contributed by atoms with Crippen LogP contribution in [0.4, 0.5) is 23.7 Å². The third-order valence-corrected chi connectivity index (χ3v) is 5.29. The quantitative estimate of drug-likeness (QED) is 0.536. The number of aliphatic hydroxyl groups excluding tert-OH is 1. The highest BCUT2D eigenvalue weighted by atomic mass is 19.4. The average Bonchev–Trinajstić information content (AvgIpc) is 3.54. The number of carbonyl (C=O) groups excluding carboxylic acids is 2. The van der Waals surface area contributed by atoms with E-state index in [1.165, 1.54) is 12.1 Å². The molecule has 2 fully saturated rings. The Morgan fingerprint density at radius 2 is 1.80 bits per heavy atom. The van der Waals surface area contributed by atoms with Crippen LogP contribution in [0.25, 0.3) is 0 Å². The lowest BCUT2D eigenvalue weighted by atomic mass is 9.97. The van der Waals surface area contributed by atoms with Gasteiger partial charge in [0.05, 0.1) is 24.3 Å². The van der Waals surface area contributed by atoms with E-state index in [0.29, 0.717) is 25.8 Å². The largest absolute Gasteiger partial charge is 0.416 e. The van der Waals surface area contributed by atoms with Crippen molar-refractivity contribution in [3.8, 4) is 0 Å². The molecule has 0 aromatic heterocycles. The van der Waals surface area contributed by atoms with Crippen molar-refractivity contribution in [2.75, 3.05) is 18.5 Å². The van der Waals surface area contributed by atoms with E-state index in [2.05, 4.69) is 16.0 Å². The van der Waals surface area contributed by atoms with Crippen molar-refractivity contribution in [2.24, 2.45) is 5.92 Å². The van der Waals surface area contributed by atoms with Gasteiger partial charge in [-0.25, -0.2) is 4.79 Å². The maximum absolute atomic E-state index is 12.6. The van der Waals surface area contributed by atoms with Crippen molar-refractivity contribution in [2.45, 2.75) is 56.5 Å². The van der Waals surface area contributed by atoms with Gasteiger partial charge < -0.3 is 25.8 Å². The number of urea groups is 1. The zero-order valence-corrected chi connectivity index (χ0v) is 16.4. The number of amides is 3. The summed E-state index contributed by atoms with van der Waals surface area (Å²) in [7, 11) is 0. The minimum absolute atomic E-state index is 0.0158. The van der Waals surface area contributed by atoms with Gasteiger partial charge in [-0.2, -0.15) is 13.2 Å². The third kappa shape index (κ3) is 6.33. The van der Waals surface area contributed by atoms with Gasteiger partial charge in [-0.1, -0.05) is 0 Å². The lowest BCUT2D eigenvalue weighted by Crippen LogP contribution is -2.51. The van der Waals surface area contributed by atoms with E-state index in [-0.39, 0.29) is 36.3 Å². The summed E-state index contributed by atoms with van der Waals surface area (Å²) in [6.07, 6.45) is -1.36. The SMILES string of the molecule is O=C(NCC[C@H]1CC[C@H](NC(=O)C2CC2)[C@@H](CO)O1)Nc1ccc(C(F)(F)F)cc1. The van der Waals surface area contributed by atoms with E-state index in [9.17, 15) is 27.9 Å². The van der Waals surface area contributed by atoms with E-state index in [0.717, 1.165) is 25.0 Å². The lowest BCUT2D eigenvalue weighted by Gasteiger charge is -2.36. The maximum Gasteiger partial charge on any atom is 0.416 e. The molecule has 1 aliphatic carbocycles. The number of ether oxygens (including phenoxy) is 1. The van der Waals surface area contributed by atoms with Crippen LogP contribution in [0.2, 0.25) is 0 Å². The molecule has 0 bridgehead atoms. The minimum atomic E-state index is -4.42. The molecular formula is C20H26F3N3O4. The number of carbonyl (C=O) groups is 2. The van der Waals surface area contributed by atoms with Crippen molar-refractivity contribution in [3.63, 3.8) is 0 Å². The van der Waals surface area contributed by atoms with Crippen molar-refractivity contribution in [1.82, 2.24) is 10.6 Å². The standard InChI is InChI=1S/C20H26F3N3O4/c21-20(22,23)13-3-5-14(6-4-13)25-19(29)24-10-9-15-7-8-16(17(11-27)30-15)26-18(28)12-1-2-12/h3-6,12,15-17,27H,1-2,7-11H2,(H,26,28)(H2,24,25,29)/t15-,16+,17-/m1/s1. The van der Waals surface area contributed by atoms with E-state index < -0.39 is 23.9 Å². The Balaban J connectivity index is 1.37. The molecule has 3 atom stereocenters. The summed E-state index contributed by atoms with van der Waals surface area (Å²) in [4.78, 5) is 23.8. The van der Waals surface area contributed by atoms with Crippen LogP contribution >= 0.6 is 0 Å². The molecule has 7 nitrogen and oxygen atoms in total. The second kappa shape index (κ2) is 9.65. The Morgan fingerprint density at radius 3 is 2.40 bits per heavy atom. The van der Waals surface area contributed by atoms with Gasteiger partial charge in [0.25, 0.3) is 0 Å². The van der Waals surface area contributed by atoms with E-state index in [1.807, 2.05) is 0 Å². The average molecular weight is 429 g/mol. The molecule has 166 valence electrons. The fourth-order valence-corrected chi connectivity index (χ4v) is 3.42. The Hall–Kier alpha value is -2.33. The summed E-state index contributed by atoms with van der Waals surface area (Å²) in [5, 5.41) is 17.6. The summed E-state index contributed by atoms with van der Waals surface area (Å²) >= 11 is 0. The molecule has 4 N–H and O–H groups in total. The van der Waals surface area contributed by atoms with Crippen molar-refractivity contribution in [3.05, 3.63) is 29.8 Å². The van der Waals surface area contributed by atoms with Crippen LogP contribution in [0.5, 0.6) is 0 Å². The summed E-state index contributed by atoms with van der Waals surface area (Å²) in [6.45, 7) is 0.0995. The molecule has 2 aliphatic rings. The second-order valence-electron chi connectivity index (χ2n) is 7.69. The number of hydrogen-bond donors (Lipinski definition) is 4. The Kier molecular flexibility index (Phi) is 7.19. The molecular weight excluding hydrogens is 403 g/mol. The number of anilines is 1. The molecule has 0 spiro atoms. The normalized spacial score (nSPS) is 24.2. The first-order chi connectivity index (χ1) is 14.3. The predicted molar refractivity (Wildman–Crippen MR) is 103 cm³/mol. The molecule has 3 amide bonds. The highest BCUT2D eigenvalue weighted by Gasteiger charge is 2.36. The third-order valence-electron chi connectivity index (χ3n) is 5.29. The van der Waals surface area contributed by atoms with Crippen molar-refractivity contribution in [1.29, 1.82) is 0 Å². The number of benzene rings is 1. The molecule has 1 aromatic rings. The van der Waals surface area contributed by atoms with Crippen LogP contribution in [0.1, 0.15) is 37.7 Å². The van der Waals surface area contributed by atoms with Gasteiger partial charge >= 0.3 is 12.2 Å². The molecule has 1 heterocycles. The molecule has 1 saturated heterocycles. The Morgan fingerprint density at radius 1 is 1.10 bits per heavy atom. The Bertz CT molecular complexity index is 738. The Labute approximate surface area is 172 Å².